The molecule has 222 valence electrons. The SMILES string of the molecule is CC(C)(C)OC(=O)Nc1c(CN(CCCC(=O)O)C(=O)OCC2c3ccccc3-c3ccccc32)ccc2ccccc12. The molecule has 0 saturated carbocycles. The topological polar surface area (TPSA) is 105 Å². The number of carboxylic acid groups (broad SMARTS) is 1. The van der Waals surface area contributed by atoms with Crippen molar-refractivity contribution < 1.29 is 29.0 Å². The molecule has 4 aromatic rings. The molecule has 0 bridgehead atoms. The van der Waals surface area contributed by atoms with Gasteiger partial charge in [0.05, 0.1) is 12.2 Å². The van der Waals surface area contributed by atoms with Crippen molar-refractivity contribution in [3.8, 4) is 11.1 Å². The second kappa shape index (κ2) is 12.6. The van der Waals surface area contributed by atoms with Crippen LogP contribution >= 0.6 is 0 Å². The first-order chi connectivity index (χ1) is 20.6. The molecule has 8 nitrogen and oxygen atoms in total. The standard InChI is InChI=1S/C35H36N2O6/c1-35(2,3)43-33(40)36-32-24(19-18-23-11-4-5-12-25(23)32)21-37(20-10-17-31(38)39)34(41)42-22-30-28-15-8-6-13-26(28)27-14-7-9-16-29(27)30/h4-9,11-16,18-19,30H,10,17,20-22H2,1-3H3,(H,36,40)(H,38,39). The highest BCUT2D eigenvalue weighted by atomic mass is 16.6. The molecule has 2 N–H and O–H groups in total. The van der Waals surface area contributed by atoms with E-state index < -0.39 is 23.8 Å². The predicted octanol–water partition coefficient (Wildman–Crippen LogP) is 7.80. The van der Waals surface area contributed by atoms with Gasteiger partial charge in [0.2, 0.25) is 0 Å². The van der Waals surface area contributed by atoms with E-state index in [1.807, 2.05) is 60.7 Å². The van der Waals surface area contributed by atoms with Crippen LogP contribution in [0.15, 0.2) is 84.9 Å². The molecule has 0 spiro atoms. The van der Waals surface area contributed by atoms with E-state index in [0.717, 1.165) is 33.0 Å². The number of nitrogens with one attached hydrogen (secondary N) is 1. The fourth-order valence-corrected chi connectivity index (χ4v) is 5.55. The maximum absolute atomic E-state index is 13.6. The second-order valence-corrected chi connectivity index (χ2v) is 11.7. The summed E-state index contributed by atoms with van der Waals surface area (Å²) in [6.45, 7) is 5.78. The van der Waals surface area contributed by atoms with Crippen LogP contribution in [0.1, 0.15) is 56.2 Å². The molecule has 0 fully saturated rings. The number of nitrogens with zero attached hydrogens (tertiary/aromatic N) is 1. The van der Waals surface area contributed by atoms with Gasteiger partial charge >= 0.3 is 18.2 Å². The summed E-state index contributed by atoms with van der Waals surface area (Å²) in [7, 11) is 0. The third kappa shape index (κ3) is 6.97. The zero-order valence-electron chi connectivity index (χ0n) is 24.6. The van der Waals surface area contributed by atoms with Crippen LogP contribution in [0.25, 0.3) is 21.9 Å². The van der Waals surface area contributed by atoms with Gasteiger partial charge in [0.1, 0.15) is 12.2 Å². The Kier molecular flexibility index (Phi) is 8.66. The van der Waals surface area contributed by atoms with Gasteiger partial charge < -0.3 is 19.5 Å². The number of fused-ring (bicyclic) bond motifs is 4. The Labute approximate surface area is 251 Å². The average molecular weight is 581 g/mol. The highest BCUT2D eigenvalue weighted by Gasteiger charge is 2.30. The van der Waals surface area contributed by atoms with Crippen LogP contribution < -0.4 is 5.32 Å². The Morgan fingerprint density at radius 2 is 1.49 bits per heavy atom. The molecule has 2 amide bonds. The number of benzene rings is 4. The summed E-state index contributed by atoms with van der Waals surface area (Å²) < 4.78 is 11.5. The number of ether oxygens (including phenoxy) is 2. The number of anilines is 1. The fourth-order valence-electron chi connectivity index (χ4n) is 5.55. The summed E-state index contributed by atoms with van der Waals surface area (Å²) in [6, 6.07) is 27.6. The lowest BCUT2D eigenvalue weighted by molar-refractivity contribution is -0.137. The smallest absolute Gasteiger partial charge is 0.412 e. The van der Waals surface area contributed by atoms with E-state index in [0.29, 0.717) is 11.3 Å². The Bertz CT molecular complexity index is 1610. The Balaban J connectivity index is 1.40. The molecular weight excluding hydrogens is 544 g/mol. The fraction of sp³-hybridized carbons (Fsp3) is 0.286. The van der Waals surface area contributed by atoms with Crippen molar-refractivity contribution >= 4 is 34.6 Å². The van der Waals surface area contributed by atoms with Gasteiger partial charge in [-0.1, -0.05) is 84.9 Å². The monoisotopic (exact) mass is 580 g/mol. The maximum atomic E-state index is 13.6. The maximum Gasteiger partial charge on any atom is 0.412 e. The minimum Gasteiger partial charge on any atom is -0.481 e. The van der Waals surface area contributed by atoms with E-state index >= 15 is 0 Å². The summed E-state index contributed by atoms with van der Waals surface area (Å²) in [5.74, 6) is -1.05. The molecule has 0 aromatic heterocycles. The van der Waals surface area contributed by atoms with E-state index in [4.69, 9.17) is 9.47 Å². The van der Waals surface area contributed by atoms with E-state index in [1.54, 1.807) is 20.8 Å². The first kappa shape index (κ1) is 29.6. The molecular formula is C35H36N2O6. The zero-order chi connectivity index (χ0) is 30.6. The van der Waals surface area contributed by atoms with Crippen molar-refractivity contribution in [3.63, 3.8) is 0 Å². The lowest BCUT2D eigenvalue weighted by Gasteiger charge is -2.26. The van der Waals surface area contributed by atoms with E-state index in [1.165, 1.54) is 4.90 Å². The summed E-state index contributed by atoms with van der Waals surface area (Å²) >= 11 is 0. The van der Waals surface area contributed by atoms with E-state index in [-0.39, 0.29) is 38.5 Å². The molecule has 43 heavy (non-hydrogen) atoms. The minimum absolute atomic E-state index is 0.0894. The van der Waals surface area contributed by atoms with E-state index in [2.05, 4.69) is 29.6 Å². The summed E-state index contributed by atoms with van der Waals surface area (Å²) in [5, 5.41) is 13.8. The Morgan fingerprint density at radius 3 is 2.14 bits per heavy atom. The minimum atomic E-state index is -0.939. The van der Waals surface area contributed by atoms with Crippen LogP contribution in [-0.4, -0.2) is 46.9 Å². The molecule has 1 aliphatic carbocycles. The Hall–Kier alpha value is -4.85. The molecule has 1 aliphatic rings. The number of amides is 2. The van der Waals surface area contributed by atoms with Gasteiger partial charge in [-0.05, 0) is 60.4 Å². The van der Waals surface area contributed by atoms with Crippen LogP contribution in [0.5, 0.6) is 0 Å². The summed E-state index contributed by atoms with van der Waals surface area (Å²) in [5.41, 5.74) is 4.98. The van der Waals surface area contributed by atoms with Crippen molar-refractivity contribution in [3.05, 3.63) is 102 Å². The average Bonchev–Trinajstić information content (AvgIpc) is 3.29. The van der Waals surface area contributed by atoms with Crippen LogP contribution in [0.3, 0.4) is 0 Å². The first-order valence-corrected chi connectivity index (χ1v) is 14.4. The van der Waals surface area contributed by atoms with Gasteiger partial charge in [-0.25, -0.2) is 9.59 Å². The predicted molar refractivity (Wildman–Crippen MR) is 166 cm³/mol. The highest BCUT2D eigenvalue weighted by molar-refractivity contribution is 6.01. The number of rotatable bonds is 9. The number of carbonyl (C=O) groups is 3. The summed E-state index contributed by atoms with van der Waals surface area (Å²) in [6.07, 6.45) is -0.997. The van der Waals surface area contributed by atoms with Gasteiger partial charge in [0, 0.05) is 24.3 Å². The second-order valence-electron chi connectivity index (χ2n) is 11.7. The van der Waals surface area contributed by atoms with Crippen molar-refractivity contribution in [1.29, 1.82) is 0 Å². The molecule has 4 aromatic carbocycles. The number of carboxylic acids is 1. The molecule has 0 radical (unpaired) electrons. The van der Waals surface area contributed by atoms with Gasteiger partial charge in [0.15, 0.2) is 0 Å². The molecule has 0 heterocycles. The van der Waals surface area contributed by atoms with Crippen LogP contribution in [0.2, 0.25) is 0 Å². The van der Waals surface area contributed by atoms with Crippen molar-refractivity contribution in [2.75, 3.05) is 18.5 Å². The number of hydrogen-bond acceptors (Lipinski definition) is 5. The largest absolute Gasteiger partial charge is 0.481 e. The van der Waals surface area contributed by atoms with Crippen molar-refractivity contribution in [2.24, 2.45) is 0 Å². The third-order valence-corrected chi connectivity index (χ3v) is 7.42. The first-order valence-electron chi connectivity index (χ1n) is 14.4. The van der Waals surface area contributed by atoms with Crippen LogP contribution in [-0.2, 0) is 20.8 Å². The van der Waals surface area contributed by atoms with Crippen molar-refractivity contribution in [2.45, 2.75) is 51.7 Å². The van der Waals surface area contributed by atoms with Gasteiger partial charge in [-0.2, -0.15) is 0 Å². The number of aliphatic carboxylic acids is 1. The lowest BCUT2D eigenvalue weighted by atomic mass is 9.98. The molecule has 5 rings (SSSR count). The van der Waals surface area contributed by atoms with Crippen LogP contribution in [0, 0.1) is 0 Å². The third-order valence-electron chi connectivity index (χ3n) is 7.42. The highest BCUT2D eigenvalue weighted by Crippen LogP contribution is 2.44. The van der Waals surface area contributed by atoms with Crippen molar-refractivity contribution in [1.82, 2.24) is 4.90 Å². The zero-order valence-corrected chi connectivity index (χ0v) is 24.6. The van der Waals surface area contributed by atoms with Crippen LogP contribution in [0.4, 0.5) is 15.3 Å². The molecule has 0 aliphatic heterocycles. The quantitative estimate of drug-likeness (QED) is 0.209. The molecule has 8 heteroatoms. The Morgan fingerprint density at radius 1 is 0.860 bits per heavy atom. The number of carbonyl (C=O) groups excluding carboxylic acids is 2. The molecule has 0 unspecified atom stereocenters. The normalized spacial score (nSPS) is 12.3. The summed E-state index contributed by atoms with van der Waals surface area (Å²) in [4.78, 5) is 39.3. The van der Waals surface area contributed by atoms with Gasteiger partial charge in [-0.15, -0.1) is 0 Å². The number of hydrogen-bond donors (Lipinski definition) is 2. The van der Waals surface area contributed by atoms with E-state index in [9.17, 15) is 19.5 Å². The molecule has 0 saturated heterocycles. The van der Waals surface area contributed by atoms with Gasteiger partial charge in [-0.3, -0.25) is 10.1 Å². The molecule has 0 atom stereocenters. The lowest BCUT2D eigenvalue weighted by Crippen LogP contribution is -2.34. The van der Waals surface area contributed by atoms with Gasteiger partial charge in [0.25, 0.3) is 0 Å².